The molecule has 1 aliphatic rings. The van der Waals surface area contributed by atoms with Crippen LogP contribution in [-0.4, -0.2) is 17.0 Å². The van der Waals surface area contributed by atoms with Crippen molar-refractivity contribution in [2.24, 2.45) is 10.4 Å². The van der Waals surface area contributed by atoms with Crippen LogP contribution in [-0.2, 0) is 6.54 Å². The monoisotopic (exact) mass is 287 g/mol. The molecule has 2 rings (SSSR count). The molecule has 106 valence electrons. The molecule has 1 atom stereocenters. The molecule has 1 aliphatic heterocycles. The quantitative estimate of drug-likeness (QED) is 0.924. The number of aliphatic imine (C=N–C) groups is 1. The maximum Gasteiger partial charge on any atom is 0.157 e. The predicted octanol–water partition coefficient (Wildman–Crippen LogP) is 3.56. The number of thioether (sulfide) groups is 1. The summed E-state index contributed by atoms with van der Waals surface area (Å²) < 4.78 is 0. The van der Waals surface area contributed by atoms with Crippen molar-refractivity contribution in [3.63, 3.8) is 0 Å². The largest absolute Gasteiger partial charge is 0.361 e. The van der Waals surface area contributed by atoms with Crippen LogP contribution >= 0.6 is 11.8 Å². The summed E-state index contributed by atoms with van der Waals surface area (Å²) in [6.07, 6.45) is 1.18. The molecule has 0 radical (unpaired) electrons. The van der Waals surface area contributed by atoms with E-state index in [1.807, 2.05) is 36.0 Å². The molecule has 0 spiro atoms. The SMILES string of the molecule is CC(C)(C)CC1CN=C(NCc2ccc(C#N)cc2)S1. The van der Waals surface area contributed by atoms with E-state index >= 15 is 0 Å². The molecule has 1 aromatic carbocycles. The Labute approximate surface area is 125 Å². The fraction of sp³-hybridized carbons (Fsp3) is 0.500. The number of nitriles is 1. The van der Waals surface area contributed by atoms with Crippen molar-refractivity contribution < 1.29 is 0 Å². The van der Waals surface area contributed by atoms with Crippen LogP contribution in [0, 0.1) is 16.7 Å². The summed E-state index contributed by atoms with van der Waals surface area (Å²) in [4.78, 5) is 4.57. The van der Waals surface area contributed by atoms with Crippen molar-refractivity contribution in [2.45, 2.75) is 39.0 Å². The van der Waals surface area contributed by atoms with E-state index in [9.17, 15) is 0 Å². The standard InChI is InChI=1S/C16H21N3S/c1-16(2,3)8-14-11-19-15(20-14)18-10-13-6-4-12(9-17)5-7-13/h4-7,14H,8,10-11H2,1-3H3,(H,18,19). The first kappa shape index (κ1) is 14.9. The van der Waals surface area contributed by atoms with Gasteiger partial charge >= 0.3 is 0 Å². The lowest BCUT2D eigenvalue weighted by molar-refractivity contribution is 0.375. The highest BCUT2D eigenvalue weighted by Gasteiger charge is 2.24. The molecule has 0 aromatic heterocycles. The highest BCUT2D eigenvalue weighted by Crippen LogP contribution is 2.31. The number of hydrogen-bond donors (Lipinski definition) is 1. The molecule has 0 bridgehead atoms. The minimum Gasteiger partial charge on any atom is -0.361 e. The van der Waals surface area contributed by atoms with Crippen molar-refractivity contribution in [1.82, 2.24) is 5.32 Å². The van der Waals surface area contributed by atoms with Gasteiger partial charge in [0.05, 0.1) is 18.2 Å². The number of benzene rings is 1. The third-order valence-corrected chi connectivity index (χ3v) is 4.23. The Morgan fingerprint density at radius 2 is 2.05 bits per heavy atom. The van der Waals surface area contributed by atoms with E-state index < -0.39 is 0 Å². The van der Waals surface area contributed by atoms with Crippen LogP contribution in [0.25, 0.3) is 0 Å². The lowest BCUT2D eigenvalue weighted by Crippen LogP contribution is -2.20. The van der Waals surface area contributed by atoms with Gasteiger partial charge in [0.15, 0.2) is 5.17 Å². The molecule has 0 saturated carbocycles. The number of nitrogens with zero attached hydrogens (tertiary/aromatic N) is 2. The average molecular weight is 287 g/mol. The molecule has 1 aromatic rings. The topological polar surface area (TPSA) is 48.2 Å². The average Bonchev–Trinajstić information content (AvgIpc) is 2.82. The van der Waals surface area contributed by atoms with Gasteiger partial charge in [-0.05, 0) is 29.5 Å². The Balaban J connectivity index is 1.79. The van der Waals surface area contributed by atoms with Crippen LogP contribution in [0.1, 0.15) is 38.3 Å². The minimum atomic E-state index is 0.357. The van der Waals surface area contributed by atoms with Gasteiger partial charge in [0.25, 0.3) is 0 Å². The zero-order valence-electron chi connectivity index (χ0n) is 12.3. The van der Waals surface area contributed by atoms with E-state index in [1.165, 1.54) is 12.0 Å². The predicted molar refractivity (Wildman–Crippen MR) is 85.7 cm³/mol. The van der Waals surface area contributed by atoms with Crippen molar-refractivity contribution in [3.05, 3.63) is 35.4 Å². The van der Waals surface area contributed by atoms with Gasteiger partial charge in [-0.2, -0.15) is 5.26 Å². The fourth-order valence-corrected chi connectivity index (χ4v) is 3.53. The summed E-state index contributed by atoms with van der Waals surface area (Å²) in [6, 6.07) is 9.80. The van der Waals surface area contributed by atoms with E-state index in [0.29, 0.717) is 16.2 Å². The Kier molecular flexibility index (Phi) is 4.72. The van der Waals surface area contributed by atoms with Crippen molar-refractivity contribution in [2.75, 3.05) is 6.54 Å². The van der Waals surface area contributed by atoms with Crippen LogP contribution in [0.4, 0.5) is 0 Å². The highest BCUT2D eigenvalue weighted by atomic mass is 32.2. The molecule has 0 saturated heterocycles. The lowest BCUT2D eigenvalue weighted by Gasteiger charge is -2.21. The van der Waals surface area contributed by atoms with Gasteiger partial charge < -0.3 is 5.32 Å². The molecule has 1 unspecified atom stereocenters. The van der Waals surface area contributed by atoms with E-state index in [2.05, 4.69) is 37.1 Å². The fourth-order valence-electron chi connectivity index (χ4n) is 2.18. The van der Waals surface area contributed by atoms with E-state index in [1.54, 1.807) is 0 Å². The lowest BCUT2D eigenvalue weighted by atomic mass is 9.90. The summed E-state index contributed by atoms with van der Waals surface area (Å²) in [5, 5.41) is 13.8. The number of hydrogen-bond acceptors (Lipinski definition) is 4. The van der Waals surface area contributed by atoms with E-state index in [0.717, 1.165) is 18.3 Å². The smallest absolute Gasteiger partial charge is 0.157 e. The Morgan fingerprint density at radius 3 is 2.65 bits per heavy atom. The van der Waals surface area contributed by atoms with E-state index in [-0.39, 0.29) is 0 Å². The van der Waals surface area contributed by atoms with Crippen LogP contribution in [0.15, 0.2) is 29.3 Å². The van der Waals surface area contributed by atoms with Crippen LogP contribution in [0.3, 0.4) is 0 Å². The summed E-state index contributed by atoms with van der Waals surface area (Å²) in [5.74, 6) is 0. The van der Waals surface area contributed by atoms with Gasteiger partial charge in [0, 0.05) is 11.8 Å². The summed E-state index contributed by atoms with van der Waals surface area (Å²) in [5.41, 5.74) is 2.23. The van der Waals surface area contributed by atoms with Gasteiger partial charge in [0.2, 0.25) is 0 Å². The summed E-state index contributed by atoms with van der Waals surface area (Å²) >= 11 is 1.85. The van der Waals surface area contributed by atoms with E-state index in [4.69, 9.17) is 5.26 Å². The van der Waals surface area contributed by atoms with Gasteiger partial charge in [0.1, 0.15) is 0 Å². The van der Waals surface area contributed by atoms with Gasteiger partial charge in [-0.25, -0.2) is 0 Å². The molecular formula is C16H21N3S. The molecule has 20 heavy (non-hydrogen) atoms. The number of amidine groups is 1. The second-order valence-electron chi connectivity index (χ2n) is 6.31. The maximum atomic E-state index is 8.76. The summed E-state index contributed by atoms with van der Waals surface area (Å²) in [6.45, 7) is 8.50. The molecular weight excluding hydrogens is 266 g/mol. The Morgan fingerprint density at radius 1 is 1.35 bits per heavy atom. The molecule has 1 N–H and O–H groups in total. The molecule has 0 aliphatic carbocycles. The second-order valence-corrected chi connectivity index (χ2v) is 7.60. The normalized spacial score (nSPS) is 18.5. The van der Waals surface area contributed by atoms with Gasteiger partial charge in [-0.3, -0.25) is 4.99 Å². The molecule has 0 amide bonds. The van der Waals surface area contributed by atoms with Crippen molar-refractivity contribution in [3.8, 4) is 6.07 Å². The van der Waals surface area contributed by atoms with Crippen LogP contribution in [0.5, 0.6) is 0 Å². The second kappa shape index (κ2) is 6.32. The third-order valence-electron chi connectivity index (χ3n) is 3.08. The first-order chi connectivity index (χ1) is 9.46. The number of rotatable bonds is 3. The molecule has 4 heteroatoms. The number of nitrogens with one attached hydrogen (secondary N) is 1. The minimum absolute atomic E-state index is 0.357. The summed E-state index contributed by atoms with van der Waals surface area (Å²) in [7, 11) is 0. The zero-order chi connectivity index (χ0) is 14.6. The van der Waals surface area contributed by atoms with Gasteiger partial charge in [-0.1, -0.05) is 44.7 Å². The zero-order valence-corrected chi connectivity index (χ0v) is 13.1. The molecule has 3 nitrogen and oxygen atoms in total. The first-order valence-corrected chi connectivity index (χ1v) is 7.78. The van der Waals surface area contributed by atoms with Gasteiger partial charge in [-0.15, -0.1) is 0 Å². The third kappa shape index (κ3) is 4.57. The van der Waals surface area contributed by atoms with Crippen molar-refractivity contribution >= 4 is 16.9 Å². The Bertz CT molecular complexity index is 520. The maximum absolute atomic E-state index is 8.76. The highest BCUT2D eigenvalue weighted by molar-refractivity contribution is 8.14. The molecule has 0 fully saturated rings. The first-order valence-electron chi connectivity index (χ1n) is 6.90. The van der Waals surface area contributed by atoms with Crippen LogP contribution in [0.2, 0.25) is 0 Å². The van der Waals surface area contributed by atoms with Crippen LogP contribution < -0.4 is 5.32 Å². The molecule has 1 heterocycles. The van der Waals surface area contributed by atoms with Crippen molar-refractivity contribution in [1.29, 1.82) is 5.26 Å². The Hall–Kier alpha value is -1.47.